The Bertz CT molecular complexity index is 889. The SMILES string of the molecule is c1ccc(OCCNc2nccc(NCc3cccc4c3OCO4)n2)cc1. The van der Waals surface area contributed by atoms with Gasteiger partial charge in [0.15, 0.2) is 11.5 Å². The van der Waals surface area contributed by atoms with E-state index >= 15 is 0 Å². The van der Waals surface area contributed by atoms with Crippen molar-refractivity contribution in [2.24, 2.45) is 0 Å². The molecule has 4 rings (SSSR count). The monoisotopic (exact) mass is 364 g/mol. The molecule has 2 N–H and O–H groups in total. The molecule has 7 nitrogen and oxygen atoms in total. The van der Waals surface area contributed by atoms with Crippen molar-refractivity contribution in [2.45, 2.75) is 6.54 Å². The average Bonchev–Trinajstić information content (AvgIpc) is 3.20. The van der Waals surface area contributed by atoms with Crippen molar-refractivity contribution in [3.63, 3.8) is 0 Å². The lowest BCUT2D eigenvalue weighted by atomic mass is 10.2. The minimum atomic E-state index is 0.263. The Labute approximate surface area is 157 Å². The summed E-state index contributed by atoms with van der Waals surface area (Å²) in [7, 11) is 0. The zero-order chi connectivity index (χ0) is 18.3. The summed E-state index contributed by atoms with van der Waals surface area (Å²) in [5, 5.41) is 6.45. The first kappa shape index (κ1) is 17.0. The highest BCUT2D eigenvalue weighted by molar-refractivity contribution is 5.50. The molecule has 0 bridgehead atoms. The van der Waals surface area contributed by atoms with Gasteiger partial charge in [0.25, 0.3) is 0 Å². The molecule has 0 radical (unpaired) electrons. The van der Waals surface area contributed by atoms with Crippen LogP contribution in [0.4, 0.5) is 11.8 Å². The molecule has 2 aromatic carbocycles. The van der Waals surface area contributed by atoms with Crippen molar-refractivity contribution in [1.82, 2.24) is 9.97 Å². The van der Waals surface area contributed by atoms with Crippen LogP contribution in [0, 0.1) is 0 Å². The molecular weight excluding hydrogens is 344 g/mol. The van der Waals surface area contributed by atoms with E-state index < -0.39 is 0 Å². The maximum atomic E-state index is 5.65. The molecule has 138 valence electrons. The number of benzene rings is 2. The first-order valence-electron chi connectivity index (χ1n) is 8.74. The van der Waals surface area contributed by atoms with Crippen LogP contribution in [0.15, 0.2) is 60.8 Å². The molecule has 7 heteroatoms. The normalized spacial score (nSPS) is 11.9. The second-order valence-electron chi connectivity index (χ2n) is 5.86. The number of hydrogen-bond donors (Lipinski definition) is 2. The van der Waals surface area contributed by atoms with Gasteiger partial charge in [-0.05, 0) is 24.3 Å². The van der Waals surface area contributed by atoms with Crippen LogP contribution >= 0.6 is 0 Å². The van der Waals surface area contributed by atoms with Crippen molar-refractivity contribution < 1.29 is 14.2 Å². The van der Waals surface area contributed by atoms with Gasteiger partial charge >= 0.3 is 0 Å². The van der Waals surface area contributed by atoms with Crippen LogP contribution in [0.1, 0.15) is 5.56 Å². The lowest BCUT2D eigenvalue weighted by molar-refractivity contribution is 0.173. The average molecular weight is 364 g/mol. The van der Waals surface area contributed by atoms with E-state index in [4.69, 9.17) is 14.2 Å². The number of ether oxygens (including phenoxy) is 3. The molecule has 0 saturated carbocycles. The van der Waals surface area contributed by atoms with Crippen LogP contribution in [0.5, 0.6) is 17.2 Å². The molecule has 2 heterocycles. The van der Waals surface area contributed by atoms with Gasteiger partial charge in [-0.15, -0.1) is 0 Å². The topological polar surface area (TPSA) is 77.5 Å². The standard InChI is InChI=1S/C20H20N4O3/c1-2-6-16(7-3-1)25-12-11-22-20-21-10-9-18(24-20)23-13-15-5-4-8-17-19(15)27-14-26-17/h1-10H,11-14H2,(H2,21,22,23,24). The second kappa shape index (κ2) is 8.27. The smallest absolute Gasteiger partial charge is 0.231 e. The van der Waals surface area contributed by atoms with Crippen LogP contribution in [0.2, 0.25) is 0 Å². The Balaban J connectivity index is 1.28. The highest BCUT2D eigenvalue weighted by Gasteiger charge is 2.16. The van der Waals surface area contributed by atoms with Crippen LogP contribution in [-0.4, -0.2) is 29.9 Å². The van der Waals surface area contributed by atoms with Crippen LogP contribution < -0.4 is 24.8 Å². The van der Waals surface area contributed by atoms with Crippen molar-refractivity contribution in [2.75, 3.05) is 30.6 Å². The number of para-hydroxylation sites is 2. The summed E-state index contributed by atoms with van der Waals surface area (Å²) in [6, 6.07) is 17.4. The number of aromatic nitrogens is 2. The van der Waals surface area contributed by atoms with E-state index in [2.05, 4.69) is 20.6 Å². The first-order chi connectivity index (χ1) is 13.4. The zero-order valence-corrected chi connectivity index (χ0v) is 14.7. The summed E-state index contributed by atoms with van der Waals surface area (Å²) in [5.41, 5.74) is 1.02. The largest absolute Gasteiger partial charge is 0.492 e. The van der Waals surface area contributed by atoms with E-state index in [1.807, 2.05) is 54.6 Å². The number of hydrogen-bond acceptors (Lipinski definition) is 7. The van der Waals surface area contributed by atoms with Gasteiger partial charge in [-0.2, -0.15) is 4.98 Å². The van der Waals surface area contributed by atoms with Gasteiger partial charge in [-0.25, -0.2) is 4.98 Å². The minimum Gasteiger partial charge on any atom is -0.492 e. The number of nitrogens with zero attached hydrogens (tertiary/aromatic N) is 2. The number of anilines is 2. The van der Waals surface area contributed by atoms with Gasteiger partial charge in [0.2, 0.25) is 12.7 Å². The van der Waals surface area contributed by atoms with E-state index in [1.165, 1.54) is 0 Å². The summed E-state index contributed by atoms with van der Waals surface area (Å²) in [6.45, 7) is 1.98. The van der Waals surface area contributed by atoms with E-state index in [0.717, 1.165) is 28.6 Å². The Morgan fingerprint density at radius 1 is 0.963 bits per heavy atom. The quantitative estimate of drug-likeness (QED) is 0.594. The van der Waals surface area contributed by atoms with E-state index in [9.17, 15) is 0 Å². The maximum Gasteiger partial charge on any atom is 0.231 e. The van der Waals surface area contributed by atoms with Gasteiger partial charge in [0, 0.05) is 18.3 Å². The molecule has 1 aliphatic rings. The van der Waals surface area contributed by atoms with Crippen LogP contribution in [0.3, 0.4) is 0 Å². The maximum absolute atomic E-state index is 5.65. The first-order valence-corrected chi connectivity index (χ1v) is 8.74. The van der Waals surface area contributed by atoms with Gasteiger partial charge in [0.05, 0.1) is 6.54 Å². The fraction of sp³-hybridized carbons (Fsp3) is 0.200. The van der Waals surface area contributed by atoms with E-state index in [0.29, 0.717) is 25.6 Å². The van der Waals surface area contributed by atoms with E-state index in [1.54, 1.807) is 6.20 Å². The molecule has 27 heavy (non-hydrogen) atoms. The molecule has 0 atom stereocenters. The second-order valence-corrected chi connectivity index (χ2v) is 5.86. The van der Waals surface area contributed by atoms with Gasteiger partial charge in [-0.1, -0.05) is 30.3 Å². The predicted molar refractivity (Wildman–Crippen MR) is 102 cm³/mol. The third kappa shape index (κ3) is 4.38. The van der Waals surface area contributed by atoms with Crippen LogP contribution in [0.25, 0.3) is 0 Å². The van der Waals surface area contributed by atoms with Crippen molar-refractivity contribution in [1.29, 1.82) is 0 Å². The Morgan fingerprint density at radius 2 is 1.89 bits per heavy atom. The molecule has 0 saturated heterocycles. The summed E-state index contributed by atoms with van der Waals surface area (Å²) < 4.78 is 16.6. The molecule has 0 amide bonds. The van der Waals surface area contributed by atoms with Crippen molar-refractivity contribution in [3.8, 4) is 17.2 Å². The molecule has 1 aromatic heterocycles. The minimum absolute atomic E-state index is 0.263. The summed E-state index contributed by atoms with van der Waals surface area (Å²) >= 11 is 0. The zero-order valence-electron chi connectivity index (χ0n) is 14.7. The third-order valence-electron chi connectivity index (χ3n) is 3.99. The Morgan fingerprint density at radius 3 is 2.81 bits per heavy atom. The summed E-state index contributed by atoms with van der Waals surface area (Å²) in [4.78, 5) is 8.70. The molecule has 0 spiro atoms. The number of nitrogens with one attached hydrogen (secondary N) is 2. The highest BCUT2D eigenvalue weighted by Crippen LogP contribution is 2.35. The number of rotatable bonds is 8. The molecule has 0 unspecified atom stereocenters. The van der Waals surface area contributed by atoms with E-state index in [-0.39, 0.29) is 6.79 Å². The highest BCUT2D eigenvalue weighted by atomic mass is 16.7. The lowest BCUT2D eigenvalue weighted by Crippen LogP contribution is -2.14. The lowest BCUT2D eigenvalue weighted by Gasteiger charge is -2.10. The Kier molecular flexibility index (Phi) is 5.19. The predicted octanol–water partition coefficient (Wildman–Crippen LogP) is 3.31. The summed E-state index contributed by atoms with van der Waals surface area (Å²) in [5.74, 6) is 3.69. The molecule has 0 fully saturated rings. The van der Waals surface area contributed by atoms with Crippen molar-refractivity contribution >= 4 is 11.8 Å². The summed E-state index contributed by atoms with van der Waals surface area (Å²) in [6.07, 6.45) is 1.71. The van der Waals surface area contributed by atoms with Gasteiger partial charge in [-0.3, -0.25) is 0 Å². The molecular formula is C20H20N4O3. The van der Waals surface area contributed by atoms with Gasteiger partial charge in [0.1, 0.15) is 18.2 Å². The fourth-order valence-electron chi connectivity index (χ4n) is 2.71. The van der Waals surface area contributed by atoms with Crippen LogP contribution in [-0.2, 0) is 6.54 Å². The van der Waals surface area contributed by atoms with Gasteiger partial charge < -0.3 is 24.8 Å². The fourth-order valence-corrected chi connectivity index (χ4v) is 2.71. The number of fused-ring (bicyclic) bond motifs is 1. The molecule has 3 aromatic rings. The molecule has 1 aliphatic heterocycles. The molecule has 0 aliphatic carbocycles. The third-order valence-corrected chi connectivity index (χ3v) is 3.99. The Hall–Kier alpha value is -3.48. The van der Waals surface area contributed by atoms with Crippen molar-refractivity contribution in [3.05, 3.63) is 66.4 Å².